The molecule has 2 rings (SSSR count). The fourth-order valence-corrected chi connectivity index (χ4v) is 3.14. The lowest BCUT2D eigenvalue weighted by Gasteiger charge is -2.37. The molecule has 0 radical (unpaired) electrons. The minimum atomic E-state index is -0.203. The van der Waals surface area contributed by atoms with Crippen LogP contribution in [0.1, 0.15) is 39.0 Å². The molecule has 2 atom stereocenters. The molecule has 5 nitrogen and oxygen atoms in total. The Hall–Kier alpha value is -0.650. The summed E-state index contributed by atoms with van der Waals surface area (Å²) in [7, 11) is 0. The summed E-state index contributed by atoms with van der Waals surface area (Å²) in [5.41, 5.74) is -0.203. The van der Waals surface area contributed by atoms with Crippen molar-refractivity contribution in [1.82, 2.24) is 5.32 Å². The summed E-state index contributed by atoms with van der Waals surface area (Å²) >= 11 is 0. The standard InChI is InChI=1S/C15H27NO4/c1-2-13-12(4-3-7-20-13)14(18)16-10-15(11-17)5-8-19-9-6-15/h12-13,17H,2-11H2,1H3,(H,16,18)/t12-,13+/m0/s1. The van der Waals surface area contributed by atoms with Gasteiger partial charge in [0.2, 0.25) is 5.91 Å². The van der Waals surface area contributed by atoms with Crippen molar-refractivity contribution < 1.29 is 19.4 Å². The molecule has 0 aromatic rings. The van der Waals surface area contributed by atoms with Crippen LogP contribution in [-0.2, 0) is 14.3 Å². The highest BCUT2D eigenvalue weighted by Gasteiger charge is 2.35. The number of rotatable bonds is 5. The number of carbonyl (C=O) groups is 1. The van der Waals surface area contributed by atoms with Gasteiger partial charge in [0.25, 0.3) is 0 Å². The molecule has 2 aliphatic heterocycles. The first-order chi connectivity index (χ1) is 9.71. The number of hydrogen-bond acceptors (Lipinski definition) is 4. The second-order valence-electron chi connectivity index (χ2n) is 6.05. The summed E-state index contributed by atoms with van der Waals surface area (Å²) in [5.74, 6) is 0.0419. The van der Waals surface area contributed by atoms with Gasteiger partial charge >= 0.3 is 0 Å². The van der Waals surface area contributed by atoms with Crippen LogP contribution in [0.25, 0.3) is 0 Å². The van der Waals surface area contributed by atoms with E-state index in [0.29, 0.717) is 19.8 Å². The summed E-state index contributed by atoms with van der Waals surface area (Å²) in [5, 5.41) is 12.7. The highest BCUT2D eigenvalue weighted by Crippen LogP contribution is 2.30. The highest BCUT2D eigenvalue weighted by atomic mass is 16.5. The van der Waals surface area contributed by atoms with Crippen molar-refractivity contribution in [3.63, 3.8) is 0 Å². The largest absolute Gasteiger partial charge is 0.396 e. The van der Waals surface area contributed by atoms with E-state index in [0.717, 1.165) is 38.7 Å². The molecule has 2 N–H and O–H groups in total. The van der Waals surface area contributed by atoms with Crippen molar-refractivity contribution >= 4 is 5.91 Å². The van der Waals surface area contributed by atoms with Gasteiger partial charge in [0.05, 0.1) is 18.6 Å². The van der Waals surface area contributed by atoms with Crippen LogP contribution in [0, 0.1) is 11.3 Å². The summed E-state index contributed by atoms with van der Waals surface area (Å²) in [6.07, 6.45) is 4.39. The minimum absolute atomic E-state index is 0.0377. The first-order valence-corrected chi connectivity index (χ1v) is 7.79. The molecule has 0 unspecified atom stereocenters. The number of carbonyl (C=O) groups excluding carboxylic acids is 1. The van der Waals surface area contributed by atoms with E-state index in [-0.39, 0.29) is 30.0 Å². The van der Waals surface area contributed by atoms with E-state index in [1.807, 2.05) is 0 Å². The second-order valence-corrected chi connectivity index (χ2v) is 6.05. The van der Waals surface area contributed by atoms with Gasteiger partial charge in [-0.15, -0.1) is 0 Å². The highest BCUT2D eigenvalue weighted by molar-refractivity contribution is 5.79. The van der Waals surface area contributed by atoms with Crippen molar-refractivity contribution in [2.24, 2.45) is 11.3 Å². The Kier molecular flexibility index (Phi) is 5.81. The zero-order chi connectivity index (χ0) is 14.4. The predicted octanol–water partition coefficient (Wildman–Crippen LogP) is 1.10. The zero-order valence-electron chi connectivity index (χ0n) is 12.4. The average molecular weight is 285 g/mol. The number of ether oxygens (including phenoxy) is 2. The molecule has 0 aromatic heterocycles. The molecule has 20 heavy (non-hydrogen) atoms. The summed E-state index contributed by atoms with van der Waals surface area (Å²) in [4.78, 5) is 12.4. The molecule has 2 heterocycles. The molecular weight excluding hydrogens is 258 g/mol. The van der Waals surface area contributed by atoms with Gasteiger partial charge in [0.1, 0.15) is 0 Å². The van der Waals surface area contributed by atoms with Gasteiger partial charge in [-0.1, -0.05) is 6.92 Å². The molecule has 2 aliphatic rings. The van der Waals surface area contributed by atoms with Crippen molar-refractivity contribution in [3.05, 3.63) is 0 Å². The van der Waals surface area contributed by atoms with Crippen LogP contribution in [0.5, 0.6) is 0 Å². The van der Waals surface area contributed by atoms with E-state index in [4.69, 9.17) is 9.47 Å². The Morgan fingerprint density at radius 2 is 2.10 bits per heavy atom. The van der Waals surface area contributed by atoms with Crippen LogP contribution in [0.4, 0.5) is 0 Å². The van der Waals surface area contributed by atoms with Crippen molar-refractivity contribution in [3.8, 4) is 0 Å². The van der Waals surface area contributed by atoms with Crippen molar-refractivity contribution in [2.45, 2.75) is 45.1 Å². The van der Waals surface area contributed by atoms with Crippen molar-refractivity contribution in [1.29, 1.82) is 0 Å². The molecule has 1 amide bonds. The maximum absolute atomic E-state index is 12.4. The van der Waals surface area contributed by atoms with Crippen LogP contribution < -0.4 is 5.32 Å². The monoisotopic (exact) mass is 285 g/mol. The topological polar surface area (TPSA) is 67.8 Å². The molecule has 116 valence electrons. The quantitative estimate of drug-likeness (QED) is 0.793. The van der Waals surface area contributed by atoms with E-state index in [1.54, 1.807) is 0 Å². The third kappa shape index (κ3) is 3.71. The Labute approximate surface area is 121 Å². The molecule has 2 fully saturated rings. The van der Waals surface area contributed by atoms with Gasteiger partial charge in [0, 0.05) is 31.8 Å². The fourth-order valence-electron chi connectivity index (χ4n) is 3.14. The first kappa shape index (κ1) is 15.7. The third-order valence-electron chi connectivity index (χ3n) is 4.71. The lowest BCUT2D eigenvalue weighted by Crippen LogP contribution is -2.48. The normalized spacial score (nSPS) is 29.9. The fraction of sp³-hybridized carbons (Fsp3) is 0.933. The van der Waals surface area contributed by atoms with E-state index in [1.165, 1.54) is 0 Å². The SMILES string of the molecule is CC[C@H]1OCCC[C@@H]1C(=O)NCC1(CO)CCOCC1. The molecule has 0 saturated carbocycles. The number of aliphatic hydroxyl groups excluding tert-OH is 1. The maximum atomic E-state index is 12.4. The molecular formula is C15H27NO4. The smallest absolute Gasteiger partial charge is 0.225 e. The first-order valence-electron chi connectivity index (χ1n) is 7.79. The van der Waals surface area contributed by atoms with Gasteiger partial charge in [0.15, 0.2) is 0 Å². The van der Waals surface area contributed by atoms with E-state index >= 15 is 0 Å². The second kappa shape index (κ2) is 7.38. The average Bonchev–Trinajstić information content (AvgIpc) is 2.53. The van der Waals surface area contributed by atoms with E-state index in [9.17, 15) is 9.90 Å². The Balaban J connectivity index is 1.86. The number of nitrogens with one attached hydrogen (secondary N) is 1. The molecule has 2 saturated heterocycles. The van der Waals surface area contributed by atoms with Crippen LogP contribution in [0.2, 0.25) is 0 Å². The van der Waals surface area contributed by atoms with Gasteiger partial charge in [-0.2, -0.15) is 0 Å². The van der Waals surface area contributed by atoms with Crippen molar-refractivity contribution in [2.75, 3.05) is 33.0 Å². The minimum Gasteiger partial charge on any atom is -0.396 e. The Morgan fingerprint density at radius 3 is 2.75 bits per heavy atom. The summed E-state index contributed by atoms with van der Waals surface area (Å²) < 4.78 is 11.0. The predicted molar refractivity (Wildman–Crippen MR) is 75.3 cm³/mol. The third-order valence-corrected chi connectivity index (χ3v) is 4.71. The molecule has 5 heteroatoms. The van der Waals surface area contributed by atoms with Gasteiger partial charge in [-0.3, -0.25) is 4.79 Å². The zero-order valence-corrected chi connectivity index (χ0v) is 12.4. The van der Waals surface area contributed by atoms with E-state index in [2.05, 4.69) is 12.2 Å². The molecule has 0 aliphatic carbocycles. The van der Waals surface area contributed by atoms with Crippen LogP contribution >= 0.6 is 0 Å². The lowest BCUT2D eigenvalue weighted by molar-refractivity contribution is -0.135. The van der Waals surface area contributed by atoms with E-state index < -0.39 is 0 Å². The van der Waals surface area contributed by atoms with Crippen LogP contribution in [-0.4, -0.2) is 50.1 Å². The Morgan fingerprint density at radius 1 is 1.35 bits per heavy atom. The lowest BCUT2D eigenvalue weighted by atomic mass is 9.80. The summed E-state index contributed by atoms with van der Waals surface area (Å²) in [6, 6.07) is 0. The molecule has 0 bridgehead atoms. The van der Waals surface area contributed by atoms with Crippen LogP contribution in [0.15, 0.2) is 0 Å². The number of aliphatic hydroxyl groups is 1. The maximum Gasteiger partial charge on any atom is 0.225 e. The molecule has 0 aromatic carbocycles. The Bertz CT molecular complexity index is 315. The van der Waals surface area contributed by atoms with Crippen LogP contribution in [0.3, 0.4) is 0 Å². The summed E-state index contributed by atoms with van der Waals surface area (Å²) in [6.45, 7) is 4.80. The number of amides is 1. The molecule has 0 spiro atoms. The van der Waals surface area contributed by atoms with Gasteiger partial charge in [-0.05, 0) is 32.1 Å². The van der Waals surface area contributed by atoms with Gasteiger partial charge < -0.3 is 19.9 Å². The number of hydrogen-bond donors (Lipinski definition) is 2. The van der Waals surface area contributed by atoms with Gasteiger partial charge in [-0.25, -0.2) is 0 Å².